The molecule has 0 fully saturated rings. The quantitative estimate of drug-likeness (QED) is 0.0466. The Hall–Kier alpha value is -5.83. The number of hydrogen-bond donors (Lipinski definition) is 11. The molecule has 3 rings (SSSR count). The number of amides is 7. The zero-order chi connectivity index (χ0) is 50.3. The molecule has 2 aromatic carbocycles. The van der Waals surface area contributed by atoms with Gasteiger partial charge in [-0.05, 0) is 48.7 Å². The molecule has 0 spiro atoms. The Kier molecular flexibility index (Phi) is 24.2. The molecule has 68 heavy (non-hydrogen) atoms. The van der Waals surface area contributed by atoms with Gasteiger partial charge in [0.1, 0.15) is 35.7 Å². The normalized spacial score (nSPS) is 17.3. The zero-order valence-electron chi connectivity index (χ0n) is 39.9. The van der Waals surface area contributed by atoms with Crippen LogP contribution in [0.4, 0.5) is 0 Å². The number of likely N-dealkylation sites (N-methyl/N-ethyl adjacent to an activating group) is 2. The van der Waals surface area contributed by atoms with Gasteiger partial charge in [-0.2, -0.15) is 0 Å². The maximum atomic E-state index is 14.0. The van der Waals surface area contributed by atoms with Gasteiger partial charge < -0.3 is 67.7 Å². The van der Waals surface area contributed by atoms with E-state index in [0.717, 1.165) is 35.5 Å². The van der Waals surface area contributed by atoms with Crippen LogP contribution in [0.3, 0.4) is 0 Å². The minimum Gasteiger partial charge on any atom is -0.507 e. The van der Waals surface area contributed by atoms with Crippen LogP contribution < -0.4 is 32.3 Å². The molecule has 1 aliphatic rings. The number of nitrogens with two attached hydrogens (primary N) is 1. The van der Waals surface area contributed by atoms with Gasteiger partial charge in [-0.3, -0.25) is 33.6 Å². The second-order valence-electron chi connectivity index (χ2n) is 17.5. The minimum atomic E-state index is -1.72. The van der Waals surface area contributed by atoms with Crippen molar-refractivity contribution in [3.05, 3.63) is 47.5 Å². The highest BCUT2D eigenvalue weighted by molar-refractivity contribution is 5.96. The van der Waals surface area contributed by atoms with E-state index in [1.165, 1.54) is 109 Å². The zero-order valence-corrected chi connectivity index (χ0v) is 39.9. The summed E-state index contributed by atoms with van der Waals surface area (Å²) in [6.45, 7) is 1.11. The Labute approximate surface area is 398 Å². The first kappa shape index (κ1) is 56.5. The molecule has 0 radical (unpaired) electrons. The third kappa shape index (κ3) is 17.7. The molecule has 6 atom stereocenters. The molecule has 2 aromatic rings. The number of benzene rings is 2. The van der Waals surface area contributed by atoms with Crippen LogP contribution in [0, 0.1) is 0 Å². The summed E-state index contributed by atoms with van der Waals surface area (Å²) in [5, 5.41) is 63.0. The Bertz CT molecular complexity index is 2000. The van der Waals surface area contributed by atoms with Crippen molar-refractivity contribution < 1.29 is 59.1 Å². The van der Waals surface area contributed by atoms with Gasteiger partial charge in [-0.1, -0.05) is 96.1 Å². The highest BCUT2D eigenvalue weighted by Gasteiger charge is 2.34. The lowest BCUT2D eigenvalue weighted by atomic mass is 9.93. The second kappa shape index (κ2) is 29.1. The van der Waals surface area contributed by atoms with Gasteiger partial charge in [0.05, 0.1) is 25.9 Å². The third-order valence-electron chi connectivity index (χ3n) is 12.1. The molecular formula is C48H74N8O12. The number of nitrogens with one attached hydrogen (secondary N) is 5. The number of rotatable bonds is 26. The smallest absolute Gasteiger partial charge is 0.257 e. The maximum Gasteiger partial charge on any atom is 0.257 e. The van der Waals surface area contributed by atoms with E-state index in [1.807, 2.05) is 0 Å². The number of carbonyl (C=O) groups excluding carboxylic acids is 7. The number of phenolic OH excluding ortho intramolecular Hbond substituents is 2. The molecule has 7 amide bonds. The molecule has 3 unspecified atom stereocenters. The SMILES string of the molecule is CCCCCCCCCCCCCCCC(=O)N(C)C(CO)C(=O)N[C@H](N)C(=O)NCC(=O)N(C)[C@@H]1C(=O)N[C@@H](C)C(=O)NC(C(=O)NCC(O)CO)Cc2ccc(O)c(c2)-c2cc1ccc2O. The average Bonchev–Trinajstić information content (AvgIpc) is 3.31. The molecule has 0 saturated heterocycles. The largest absolute Gasteiger partial charge is 0.507 e. The van der Waals surface area contributed by atoms with E-state index >= 15 is 0 Å². The van der Waals surface area contributed by atoms with Crippen LogP contribution in [0.2, 0.25) is 0 Å². The van der Waals surface area contributed by atoms with Crippen molar-refractivity contribution in [3.63, 3.8) is 0 Å². The fourth-order valence-corrected chi connectivity index (χ4v) is 7.80. The number of fused-ring (bicyclic) bond motifs is 5. The van der Waals surface area contributed by atoms with Gasteiger partial charge in [0.25, 0.3) is 5.91 Å². The lowest BCUT2D eigenvalue weighted by molar-refractivity contribution is -0.142. The summed E-state index contributed by atoms with van der Waals surface area (Å²) in [5.41, 5.74) is 6.65. The molecule has 1 heterocycles. The van der Waals surface area contributed by atoms with Crippen LogP contribution in [0.25, 0.3) is 11.1 Å². The van der Waals surface area contributed by atoms with Crippen LogP contribution in [0.1, 0.15) is 121 Å². The molecule has 378 valence electrons. The number of nitrogens with zero attached hydrogens (tertiary/aromatic N) is 2. The number of aliphatic hydroxyl groups is 3. The Morgan fingerprint density at radius 1 is 0.750 bits per heavy atom. The molecule has 20 nitrogen and oxygen atoms in total. The number of phenols is 2. The van der Waals surface area contributed by atoms with Gasteiger partial charge in [0, 0.05) is 44.6 Å². The molecular weight excluding hydrogens is 881 g/mol. The van der Waals surface area contributed by atoms with Crippen molar-refractivity contribution in [2.75, 3.05) is 40.4 Å². The molecule has 0 aromatic heterocycles. The summed E-state index contributed by atoms with van der Waals surface area (Å²) in [5.74, 6) is -6.13. The summed E-state index contributed by atoms with van der Waals surface area (Å²) in [6, 6.07) is 2.82. The number of aromatic hydroxyl groups is 2. The first-order chi connectivity index (χ1) is 32.4. The maximum absolute atomic E-state index is 14.0. The van der Waals surface area contributed by atoms with E-state index in [-0.39, 0.29) is 53.5 Å². The number of hydrogen-bond acceptors (Lipinski definition) is 13. The first-order valence-electron chi connectivity index (χ1n) is 23.7. The van der Waals surface area contributed by atoms with Crippen LogP contribution in [0.15, 0.2) is 36.4 Å². The summed E-state index contributed by atoms with van der Waals surface area (Å²) >= 11 is 0. The van der Waals surface area contributed by atoms with Crippen molar-refractivity contribution in [1.29, 1.82) is 0 Å². The summed E-state index contributed by atoms with van der Waals surface area (Å²) in [4.78, 5) is 95.6. The number of unbranched alkanes of at least 4 members (excludes halogenated alkanes) is 12. The lowest BCUT2D eigenvalue weighted by Gasteiger charge is -2.30. The van der Waals surface area contributed by atoms with E-state index in [2.05, 4.69) is 33.5 Å². The van der Waals surface area contributed by atoms with Crippen molar-refractivity contribution in [3.8, 4) is 22.6 Å². The van der Waals surface area contributed by atoms with Gasteiger partial charge in [0.15, 0.2) is 6.17 Å². The van der Waals surface area contributed by atoms with Crippen LogP contribution in [0.5, 0.6) is 11.5 Å². The Balaban J connectivity index is 1.64. The predicted molar refractivity (Wildman–Crippen MR) is 253 cm³/mol. The van der Waals surface area contributed by atoms with Crippen molar-refractivity contribution in [2.45, 2.75) is 147 Å². The van der Waals surface area contributed by atoms with Crippen molar-refractivity contribution in [2.24, 2.45) is 5.73 Å². The van der Waals surface area contributed by atoms with E-state index in [4.69, 9.17) is 5.73 Å². The molecule has 12 N–H and O–H groups in total. The number of carbonyl (C=O) groups is 7. The molecule has 4 bridgehead atoms. The van der Waals surface area contributed by atoms with Crippen LogP contribution >= 0.6 is 0 Å². The minimum absolute atomic E-state index is 0.0462. The van der Waals surface area contributed by atoms with E-state index in [1.54, 1.807) is 0 Å². The van der Waals surface area contributed by atoms with Gasteiger partial charge in [0.2, 0.25) is 35.4 Å². The van der Waals surface area contributed by atoms with Gasteiger partial charge in [-0.15, -0.1) is 0 Å². The van der Waals surface area contributed by atoms with Crippen molar-refractivity contribution in [1.82, 2.24) is 36.4 Å². The van der Waals surface area contributed by atoms with Crippen LogP contribution in [-0.2, 0) is 40.0 Å². The fraction of sp³-hybridized carbons (Fsp3) is 0.604. The topological polar surface area (TPSA) is 313 Å². The van der Waals surface area contributed by atoms with E-state index in [9.17, 15) is 59.1 Å². The van der Waals surface area contributed by atoms with Gasteiger partial charge in [-0.25, -0.2) is 0 Å². The monoisotopic (exact) mass is 955 g/mol. The Morgan fingerprint density at radius 2 is 1.32 bits per heavy atom. The molecule has 0 saturated carbocycles. The highest BCUT2D eigenvalue weighted by atomic mass is 16.3. The lowest BCUT2D eigenvalue weighted by Crippen LogP contribution is -2.59. The number of aliphatic hydroxyl groups excluding tert-OH is 3. The predicted octanol–water partition coefficient (Wildman–Crippen LogP) is 1.10. The summed E-state index contributed by atoms with van der Waals surface area (Å²) in [7, 11) is 2.62. The summed E-state index contributed by atoms with van der Waals surface area (Å²) < 4.78 is 0. The molecule has 20 heteroatoms. The second-order valence-corrected chi connectivity index (χ2v) is 17.5. The van der Waals surface area contributed by atoms with E-state index < -0.39 is 91.6 Å². The summed E-state index contributed by atoms with van der Waals surface area (Å²) in [6.07, 6.45) is 12.0. The molecule has 1 aliphatic heterocycles. The third-order valence-corrected chi connectivity index (χ3v) is 12.1. The fourth-order valence-electron chi connectivity index (χ4n) is 7.80. The first-order valence-corrected chi connectivity index (χ1v) is 23.7. The van der Waals surface area contributed by atoms with Gasteiger partial charge >= 0.3 is 0 Å². The Morgan fingerprint density at radius 3 is 1.91 bits per heavy atom. The average molecular weight is 955 g/mol. The van der Waals surface area contributed by atoms with Crippen molar-refractivity contribution >= 4 is 41.4 Å². The van der Waals surface area contributed by atoms with E-state index in [0.29, 0.717) is 12.0 Å². The standard InChI is InChI=1S/C48H74N8O12/c1-5-6-7-8-9-10-11-12-13-14-15-16-17-18-40(62)55(3)37(29-58)46(66)54-43(49)48(68)51-27-41(63)56(4)42-32-20-22-39(61)35(25-32)34-23-31(19-21-38(34)60)24-36(45(65)50-26-33(59)28-57)53-44(64)30(2)52-47(42)67/h19-23,25,30,33,36-37,42-43,57-61H,5-18,24,26-29,49H2,1-4H3,(H,50,65)(H,51,68)(H,52,67)(H,53,64)(H,54,66)/t30-,33?,36?,37?,42-,43-/m0/s1. The highest BCUT2D eigenvalue weighted by Crippen LogP contribution is 2.38. The molecule has 0 aliphatic carbocycles. The van der Waals surface area contributed by atoms with Crippen LogP contribution in [-0.4, -0.2) is 147 Å².